The zero-order valence-electron chi connectivity index (χ0n) is 10.8. The van der Waals surface area contributed by atoms with Crippen molar-refractivity contribution < 1.29 is 4.42 Å². The summed E-state index contributed by atoms with van der Waals surface area (Å²) in [5.74, 6) is 3.57. The van der Waals surface area contributed by atoms with Crippen LogP contribution in [0.25, 0.3) is 0 Å². The maximum absolute atomic E-state index is 5.69. The molecule has 3 unspecified atom stereocenters. The van der Waals surface area contributed by atoms with Crippen LogP contribution in [0.3, 0.4) is 0 Å². The Morgan fingerprint density at radius 3 is 2.83 bits per heavy atom. The highest BCUT2D eigenvalue weighted by Crippen LogP contribution is 2.41. The molecule has 0 bridgehead atoms. The first-order valence-electron chi connectivity index (χ1n) is 6.47. The van der Waals surface area contributed by atoms with Crippen LogP contribution in [0.5, 0.6) is 0 Å². The molecule has 1 aliphatic heterocycles. The molecule has 0 radical (unpaired) electrons. The SMILES string of the molecule is CCNC(c1occc1Br)C1SCCSC1CC. The molecule has 1 aromatic heterocycles. The summed E-state index contributed by atoms with van der Waals surface area (Å²) in [4.78, 5) is 0. The molecule has 1 saturated heterocycles. The molecule has 2 nitrogen and oxygen atoms in total. The molecule has 1 fully saturated rings. The maximum atomic E-state index is 5.69. The highest BCUT2D eigenvalue weighted by Gasteiger charge is 2.35. The highest BCUT2D eigenvalue weighted by molar-refractivity contribution is 9.10. The molecule has 0 saturated carbocycles. The van der Waals surface area contributed by atoms with Gasteiger partial charge in [-0.15, -0.1) is 0 Å². The number of hydrogen-bond acceptors (Lipinski definition) is 4. The minimum Gasteiger partial charge on any atom is -0.466 e. The molecule has 0 aromatic carbocycles. The minimum atomic E-state index is 0.308. The van der Waals surface area contributed by atoms with Crippen molar-refractivity contribution in [1.29, 1.82) is 0 Å². The number of rotatable bonds is 5. The van der Waals surface area contributed by atoms with Gasteiger partial charge >= 0.3 is 0 Å². The summed E-state index contributed by atoms with van der Waals surface area (Å²) >= 11 is 7.79. The molecule has 0 amide bonds. The fourth-order valence-electron chi connectivity index (χ4n) is 2.35. The average Bonchev–Trinajstić information content (AvgIpc) is 2.82. The van der Waals surface area contributed by atoms with E-state index in [1.54, 1.807) is 6.26 Å². The van der Waals surface area contributed by atoms with E-state index in [4.69, 9.17) is 4.42 Å². The van der Waals surface area contributed by atoms with Gasteiger partial charge < -0.3 is 9.73 Å². The lowest BCUT2D eigenvalue weighted by atomic mass is 10.1. The third-order valence-corrected chi connectivity index (χ3v) is 7.18. The molecule has 0 spiro atoms. The van der Waals surface area contributed by atoms with Crippen molar-refractivity contribution in [2.45, 2.75) is 36.8 Å². The second kappa shape index (κ2) is 7.27. The van der Waals surface area contributed by atoms with E-state index in [9.17, 15) is 0 Å². The van der Waals surface area contributed by atoms with E-state index >= 15 is 0 Å². The lowest BCUT2D eigenvalue weighted by Crippen LogP contribution is -2.38. The molecular weight excluding hydrogens is 330 g/mol. The minimum absolute atomic E-state index is 0.308. The Balaban J connectivity index is 2.20. The third-order valence-electron chi connectivity index (χ3n) is 3.17. The fourth-order valence-corrected chi connectivity index (χ4v) is 6.02. The lowest BCUT2D eigenvalue weighted by Gasteiger charge is -2.35. The van der Waals surface area contributed by atoms with Gasteiger partial charge in [0.15, 0.2) is 0 Å². The van der Waals surface area contributed by atoms with Crippen molar-refractivity contribution in [2.75, 3.05) is 18.1 Å². The molecule has 1 aliphatic rings. The molecule has 5 heteroatoms. The van der Waals surface area contributed by atoms with Crippen molar-refractivity contribution >= 4 is 39.5 Å². The van der Waals surface area contributed by atoms with Crippen molar-refractivity contribution in [2.24, 2.45) is 0 Å². The largest absolute Gasteiger partial charge is 0.466 e. The van der Waals surface area contributed by atoms with Crippen LogP contribution < -0.4 is 5.32 Å². The van der Waals surface area contributed by atoms with Crippen molar-refractivity contribution in [3.63, 3.8) is 0 Å². The van der Waals surface area contributed by atoms with Crippen LogP contribution in [0.4, 0.5) is 0 Å². The zero-order valence-corrected chi connectivity index (χ0v) is 14.0. The van der Waals surface area contributed by atoms with Gasteiger partial charge in [-0.3, -0.25) is 0 Å². The Labute approximate surface area is 126 Å². The molecule has 0 aliphatic carbocycles. The molecule has 2 rings (SSSR count). The first-order chi connectivity index (χ1) is 8.77. The monoisotopic (exact) mass is 349 g/mol. The van der Waals surface area contributed by atoms with Gasteiger partial charge in [0.05, 0.1) is 16.8 Å². The standard InChI is InChI=1S/C13H20BrNOS2/c1-3-10-13(18-8-7-17-10)11(15-4-2)12-9(14)5-6-16-12/h5-6,10-11,13,15H,3-4,7-8H2,1-2H3. The third kappa shape index (κ3) is 3.30. The number of thioether (sulfide) groups is 2. The number of nitrogens with one attached hydrogen (secondary N) is 1. The molecule has 3 atom stereocenters. The first kappa shape index (κ1) is 14.8. The van der Waals surface area contributed by atoms with Gasteiger partial charge in [-0.2, -0.15) is 23.5 Å². The second-order valence-corrected chi connectivity index (χ2v) is 7.81. The Kier molecular flexibility index (Phi) is 5.98. The van der Waals surface area contributed by atoms with Gasteiger partial charge in [0.25, 0.3) is 0 Å². The van der Waals surface area contributed by atoms with Gasteiger partial charge in [0.1, 0.15) is 5.76 Å². The highest BCUT2D eigenvalue weighted by atomic mass is 79.9. The summed E-state index contributed by atoms with van der Waals surface area (Å²) in [5.41, 5.74) is 0. The summed E-state index contributed by atoms with van der Waals surface area (Å²) in [5, 5.41) is 4.91. The molecule has 102 valence electrons. The number of hydrogen-bond donors (Lipinski definition) is 1. The smallest absolute Gasteiger partial charge is 0.135 e. The number of furan rings is 1. The van der Waals surface area contributed by atoms with Gasteiger partial charge in [0.2, 0.25) is 0 Å². The summed E-state index contributed by atoms with van der Waals surface area (Å²) in [6.07, 6.45) is 2.99. The summed E-state index contributed by atoms with van der Waals surface area (Å²) in [6.45, 7) is 5.41. The van der Waals surface area contributed by atoms with Crippen LogP contribution in [-0.4, -0.2) is 28.6 Å². The predicted molar refractivity (Wildman–Crippen MR) is 85.6 cm³/mol. The van der Waals surface area contributed by atoms with Crippen molar-refractivity contribution in [3.05, 3.63) is 22.6 Å². The van der Waals surface area contributed by atoms with Crippen LogP contribution in [0.1, 0.15) is 32.1 Å². The van der Waals surface area contributed by atoms with E-state index < -0.39 is 0 Å². The Morgan fingerprint density at radius 2 is 2.22 bits per heavy atom. The first-order valence-corrected chi connectivity index (χ1v) is 9.36. The molecule has 2 heterocycles. The lowest BCUT2D eigenvalue weighted by molar-refractivity contribution is 0.401. The Hall–Kier alpha value is 0.420. The van der Waals surface area contributed by atoms with E-state index in [0.29, 0.717) is 16.5 Å². The van der Waals surface area contributed by atoms with Crippen LogP contribution in [0, 0.1) is 0 Å². The van der Waals surface area contributed by atoms with Crippen LogP contribution >= 0.6 is 39.5 Å². The van der Waals surface area contributed by atoms with Crippen molar-refractivity contribution in [3.8, 4) is 0 Å². The summed E-state index contributed by atoms with van der Waals surface area (Å²) in [6, 6.07) is 2.29. The van der Waals surface area contributed by atoms with E-state index in [1.807, 2.05) is 6.07 Å². The average molecular weight is 350 g/mol. The molecular formula is C13H20BrNOS2. The predicted octanol–water partition coefficient (Wildman–Crippen LogP) is 4.32. The summed E-state index contributed by atoms with van der Waals surface area (Å²) < 4.78 is 6.78. The molecule has 1 N–H and O–H groups in total. The van der Waals surface area contributed by atoms with Gasteiger partial charge in [-0.25, -0.2) is 0 Å². The van der Waals surface area contributed by atoms with Crippen molar-refractivity contribution in [1.82, 2.24) is 5.32 Å². The topological polar surface area (TPSA) is 25.2 Å². The second-order valence-electron chi connectivity index (χ2n) is 4.32. The fraction of sp³-hybridized carbons (Fsp3) is 0.692. The van der Waals surface area contributed by atoms with Gasteiger partial charge in [-0.1, -0.05) is 13.8 Å². The normalized spacial score (nSPS) is 26.2. The molecule has 18 heavy (non-hydrogen) atoms. The molecule has 1 aromatic rings. The Bertz CT molecular complexity index is 372. The number of halogens is 1. The van der Waals surface area contributed by atoms with E-state index in [1.165, 1.54) is 17.9 Å². The van der Waals surface area contributed by atoms with Crippen LogP contribution in [0.15, 0.2) is 21.2 Å². The van der Waals surface area contributed by atoms with E-state index in [-0.39, 0.29) is 0 Å². The van der Waals surface area contributed by atoms with Crippen LogP contribution in [0.2, 0.25) is 0 Å². The Morgan fingerprint density at radius 1 is 1.44 bits per heavy atom. The maximum Gasteiger partial charge on any atom is 0.135 e. The quantitative estimate of drug-likeness (QED) is 0.855. The zero-order chi connectivity index (χ0) is 13.0. The van der Waals surface area contributed by atoms with E-state index in [0.717, 1.165) is 16.8 Å². The van der Waals surface area contributed by atoms with Gasteiger partial charge in [-0.05, 0) is 35.0 Å². The summed E-state index contributed by atoms with van der Waals surface area (Å²) in [7, 11) is 0. The van der Waals surface area contributed by atoms with Crippen LogP contribution in [-0.2, 0) is 0 Å². The van der Waals surface area contributed by atoms with Gasteiger partial charge in [0, 0.05) is 22.0 Å². The van der Waals surface area contributed by atoms with E-state index in [2.05, 4.69) is 58.6 Å².